The van der Waals surface area contributed by atoms with Crippen molar-refractivity contribution in [3.63, 3.8) is 0 Å². The molecule has 0 spiro atoms. The molecule has 1 aliphatic heterocycles. The largest absolute Gasteiger partial charge is 0.418 e. The van der Waals surface area contributed by atoms with E-state index in [1.165, 1.54) is 0 Å². The molecule has 0 N–H and O–H groups in total. The first kappa shape index (κ1) is 38.4. The molecule has 2 aromatic heterocycles. The summed E-state index contributed by atoms with van der Waals surface area (Å²) in [4.78, 5) is 20.3. The number of hydrogen-bond donors (Lipinski definition) is 0. The van der Waals surface area contributed by atoms with Gasteiger partial charge in [-0.2, -0.15) is 18.3 Å². The van der Waals surface area contributed by atoms with Gasteiger partial charge in [-0.1, -0.05) is 46.2 Å². The van der Waals surface area contributed by atoms with Gasteiger partial charge in [0.2, 0.25) is 0 Å². The van der Waals surface area contributed by atoms with Crippen molar-refractivity contribution in [2.45, 2.75) is 117 Å². The van der Waals surface area contributed by atoms with E-state index < -0.39 is 33.9 Å². The van der Waals surface area contributed by atoms with Gasteiger partial charge >= 0.3 is 6.18 Å². The highest BCUT2D eigenvalue weighted by atomic mass is 28.3. The first-order valence-electron chi connectivity index (χ1n) is 18.5. The van der Waals surface area contributed by atoms with Gasteiger partial charge in [-0.3, -0.25) is 14.3 Å². The third kappa shape index (κ3) is 8.89. The van der Waals surface area contributed by atoms with Gasteiger partial charge in [0.15, 0.2) is 11.6 Å². The van der Waals surface area contributed by atoms with E-state index in [1.807, 2.05) is 16.5 Å². The van der Waals surface area contributed by atoms with Crippen LogP contribution in [-0.2, 0) is 57.9 Å². The topological polar surface area (TPSA) is 83.6 Å². The van der Waals surface area contributed by atoms with Gasteiger partial charge in [-0.25, -0.2) is 9.67 Å². The number of hydrogen-bond acceptors (Lipinski definition) is 7. The number of ether oxygens (including phenoxy) is 3. The number of morpholine rings is 1. The highest BCUT2D eigenvalue weighted by Gasteiger charge is 2.54. The molecule has 0 radical (unpaired) electrons. The van der Waals surface area contributed by atoms with E-state index in [-0.39, 0.29) is 29.9 Å². The number of carbonyl (C=O) groups excluding carboxylic acids is 1. The number of carbonyl (C=O) groups is 1. The van der Waals surface area contributed by atoms with Gasteiger partial charge in [-0.05, 0) is 67.3 Å². The first-order valence-corrected chi connectivity index (χ1v) is 25.9. The Balaban J connectivity index is 1.42. The number of alkyl halides is 3. The number of rotatable bonds is 15. The van der Waals surface area contributed by atoms with Crippen LogP contribution in [0, 0.1) is 11.3 Å². The minimum Gasteiger partial charge on any atom is -0.379 e. The van der Waals surface area contributed by atoms with Crippen LogP contribution in [-0.4, -0.2) is 91.7 Å². The number of nitrogens with zero attached hydrogens (tertiary/aromatic N) is 5. The number of benzene rings is 1. The zero-order valence-corrected chi connectivity index (χ0v) is 33.7. The summed E-state index contributed by atoms with van der Waals surface area (Å²) in [5.74, 6) is 0.753. The Bertz CT molecular complexity index is 1740. The fourth-order valence-corrected chi connectivity index (χ4v) is 8.91. The molecule has 3 heterocycles. The second-order valence-electron chi connectivity index (χ2n) is 17.7. The highest BCUT2D eigenvalue weighted by Crippen LogP contribution is 2.60. The summed E-state index contributed by atoms with van der Waals surface area (Å²) in [5.41, 5.74) is 2.57. The summed E-state index contributed by atoms with van der Waals surface area (Å²) >= 11 is 0. The van der Waals surface area contributed by atoms with Crippen LogP contribution in [0.25, 0.3) is 22.6 Å². The Kier molecular flexibility index (Phi) is 10.9. The van der Waals surface area contributed by atoms with Crippen LogP contribution in [0.3, 0.4) is 0 Å². The van der Waals surface area contributed by atoms with Crippen LogP contribution < -0.4 is 0 Å². The Morgan fingerprint density at radius 3 is 2.31 bits per heavy atom. The summed E-state index contributed by atoms with van der Waals surface area (Å²) < 4.78 is 66.2. The Morgan fingerprint density at radius 2 is 1.69 bits per heavy atom. The summed E-state index contributed by atoms with van der Waals surface area (Å²) in [6, 6.07) is 4.33. The van der Waals surface area contributed by atoms with Crippen molar-refractivity contribution in [2.75, 3.05) is 39.5 Å². The molecule has 3 aliphatic rings. The van der Waals surface area contributed by atoms with Crippen molar-refractivity contribution in [3.05, 3.63) is 34.5 Å². The van der Waals surface area contributed by atoms with E-state index in [2.05, 4.69) is 46.2 Å². The fourth-order valence-electron chi connectivity index (χ4n) is 7.39. The molecular formula is C37H56F3N5O4Si2. The zero-order valence-electron chi connectivity index (χ0n) is 31.7. The van der Waals surface area contributed by atoms with E-state index in [1.54, 1.807) is 10.6 Å². The number of aromatic nitrogens is 4. The predicted molar refractivity (Wildman–Crippen MR) is 198 cm³/mol. The molecule has 282 valence electrons. The van der Waals surface area contributed by atoms with E-state index in [9.17, 15) is 18.0 Å². The number of fused-ring (bicyclic) bond motifs is 3. The average Bonchev–Trinajstić information content (AvgIpc) is 3.40. The summed E-state index contributed by atoms with van der Waals surface area (Å²) in [6.07, 6.45) is -2.02. The quantitative estimate of drug-likeness (QED) is 0.118. The van der Waals surface area contributed by atoms with Crippen LogP contribution in [0.15, 0.2) is 12.1 Å². The summed E-state index contributed by atoms with van der Waals surface area (Å²) in [6.45, 7) is 21.6. The van der Waals surface area contributed by atoms with Crippen LogP contribution >= 0.6 is 0 Å². The molecule has 0 unspecified atom stereocenters. The van der Waals surface area contributed by atoms with Gasteiger partial charge < -0.3 is 14.2 Å². The summed E-state index contributed by atoms with van der Waals surface area (Å²) in [7, 11) is -2.72. The third-order valence-corrected chi connectivity index (χ3v) is 14.4. The maximum atomic E-state index is 14.9. The van der Waals surface area contributed by atoms with Crippen molar-refractivity contribution >= 4 is 33.0 Å². The first-order chi connectivity index (χ1) is 23.8. The molecule has 2 fully saturated rings. The molecule has 1 saturated heterocycles. The van der Waals surface area contributed by atoms with Crippen molar-refractivity contribution < 1.29 is 32.2 Å². The lowest BCUT2D eigenvalue weighted by molar-refractivity contribution is -0.136. The lowest BCUT2D eigenvalue weighted by Gasteiger charge is -2.31. The molecule has 3 atom stereocenters. The van der Waals surface area contributed by atoms with Crippen LogP contribution in [0.1, 0.15) is 42.7 Å². The van der Waals surface area contributed by atoms with E-state index in [0.717, 1.165) is 48.7 Å². The lowest BCUT2D eigenvalue weighted by atomic mass is 9.87. The number of halogens is 3. The van der Waals surface area contributed by atoms with Crippen LogP contribution in [0.5, 0.6) is 0 Å². The van der Waals surface area contributed by atoms with Crippen molar-refractivity contribution in [3.8, 4) is 11.5 Å². The van der Waals surface area contributed by atoms with Crippen molar-refractivity contribution in [2.24, 2.45) is 11.3 Å². The molecule has 51 heavy (non-hydrogen) atoms. The van der Waals surface area contributed by atoms with Gasteiger partial charge in [0, 0.05) is 60.1 Å². The minimum atomic E-state index is -4.68. The molecule has 9 nitrogen and oxygen atoms in total. The molecular weight excluding hydrogens is 692 g/mol. The van der Waals surface area contributed by atoms with Crippen LogP contribution in [0.4, 0.5) is 13.2 Å². The van der Waals surface area contributed by atoms with Gasteiger partial charge in [0.1, 0.15) is 24.7 Å². The summed E-state index contributed by atoms with van der Waals surface area (Å²) in [5, 5.41) is 5.06. The smallest absolute Gasteiger partial charge is 0.379 e. The van der Waals surface area contributed by atoms with E-state index >= 15 is 0 Å². The highest BCUT2D eigenvalue weighted by molar-refractivity contribution is 6.76. The molecule has 14 heteroatoms. The monoisotopic (exact) mass is 747 g/mol. The second-order valence-corrected chi connectivity index (χ2v) is 29.0. The minimum absolute atomic E-state index is 0.0324. The molecule has 3 aromatic rings. The average molecular weight is 748 g/mol. The normalized spacial score (nSPS) is 21.9. The predicted octanol–water partition coefficient (Wildman–Crippen LogP) is 7.50. The molecule has 1 saturated carbocycles. The van der Waals surface area contributed by atoms with E-state index in [0.29, 0.717) is 74.8 Å². The van der Waals surface area contributed by atoms with Gasteiger partial charge in [-0.15, -0.1) is 0 Å². The van der Waals surface area contributed by atoms with Gasteiger partial charge in [0.05, 0.1) is 30.3 Å². The lowest BCUT2D eigenvalue weighted by Crippen LogP contribution is -2.46. The van der Waals surface area contributed by atoms with Crippen molar-refractivity contribution in [1.29, 1.82) is 0 Å². The molecule has 6 rings (SSSR count). The van der Waals surface area contributed by atoms with Crippen LogP contribution in [0.2, 0.25) is 51.4 Å². The molecule has 2 aliphatic carbocycles. The Hall–Kier alpha value is -2.37. The maximum Gasteiger partial charge on any atom is 0.418 e. The Labute approximate surface area is 302 Å². The third-order valence-electron chi connectivity index (χ3n) is 11.0. The fraction of sp³-hybridized carbons (Fsp3) is 0.703. The van der Waals surface area contributed by atoms with Crippen molar-refractivity contribution in [1.82, 2.24) is 24.2 Å². The number of Topliss-reactive ketones (excluding diaryl/α,β-unsaturated/α-hetero) is 1. The second kappa shape index (κ2) is 14.5. The zero-order chi connectivity index (χ0) is 36.9. The van der Waals surface area contributed by atoms with Gasteiger partial charge in [0.25, 0.3) is 0 Å². The molecule has 1 aromatic carbocycles. The Morgan fingerprint density at radius 1 is 1.04 bits per heavy atom. The SMILES string of the molecule is C[C@@H](C(=O)Cc1cc(C(F)(F)F)c2nc(-c3nn(COCC[Si](C)(C)C)c4c3C[C@@H]3C[C@]3(C)C4)n(COCC[Si](C)(C)C)c2c1)N1CCOCC1. The maximum absolute atomic E-state index is 14.9. The number of ketones is 1. The molecule has 0 bridgehead atoms. The standard InChI is InChI=1S/C37H56F3N5O4Si2/c1-25(43-9-11-47-12-10-43)32(46)19-26-17-29(37(38,39)40)34-30(18-26)44(23-48-13-15-50(3,4)5)35(41-34)33-28-20-27-21-36(27,2)22-31(28)45(42-33)24-49-14-16-51(6,7)8/h17-18,25,27H,9-16,19-24H2,1-8H3/t25-,27+,36+/m0/s1. The molecule has 0 amide bonds. The number of imidazole rings is 1. The van der Waals surface area contributed by atoms with E-state index in [4.69, 9.17) is 24.3 Å².